The molecule has 0 saturated carbocycles. The van der Waals surface area contributed by atoms with Gasteiger partial charge in [-0.1, -0.05) is 24.3 Å². The number of pyridine rings is 1. The Balaban J connectivity index is 2.00. The minimum Gasteiger partial charge on any atom is -0.383 e. The van der Waals surface area contributed by atoms with Gasteiger partial charge in [-0.3, -0.25) is 19.9 Å². The lowest BCUT2D eigenvalue weighted by atomic mass is 10.1. The first kappa shape index (κ1) is 21.2. The lowest BCUT2D eigenvalue weighted by Crippen LogP contribution is -2.19. The zero-order chi connectivity index (χ0) is 21.5. The molecule has 0 aliphatic carbocycles. The highest BCUT2D eigenvalue weighted by Gasteiger charge is 2.20. The van der Waals surface area contributed by atoms with E-state index in [0.717, 1.165) is 23.2 Å². The standard InChI is InChI=1S/C21H23N5O4/c1-22-10-11-23-19-14(13-30-2)12-24-20-16(19)7-5-8-17(20)25-21(27)15-6-3-4-9-18(15)26(28)29/h3-9,12,22H,10-11,13H2,1-2H3,(H,23,24)(H,25,27). The molecule has 9 nitrogen and oxygen atoms in total. The molecule has 1 amide bonds. The molecule has 3 N–H and O–H groups in total. The second-order valence-electron chi connectivity index (χ2n) is 6.55. The van der Waals surface area contributed by atoms with Gasteiger partial charge >= 0.3 is 0 Å². The number of carbonyl (C=O) groups excluding carboxylic acids is 1. The first-order chi connectivity index (χ1) is 14.6. The van der Waals surface area contributed by atoms with Crippen molar-refractivity contribution in [1.29, 1.82) is 0 Å². The van der Waals surface area contributed by atoms with Gasteiger partial charge in [-0.15, -0.1) is 0 Å². The van der Waals surface area contributed by atoms with Crippen LogP contribution in [0.25, 0.3) is 10.9 Å². The fourth-order valence-electron chi connectivity index (χ4n) is 3.17. The third-order valence-electron chi connectivity index (χ3n) is 4.55. The molecule has 3 rings (SSSR count). The molecular formula is C21H23N5O4. The number of nitrogens with one attached hydrogen (secondary N) is 3. The van der Waals surface area contributed by atoms with Crippen LogP contribution in [0.4, 0.5) is 17.1 Å². The number of para-hydroxylation sites is 2. The molecule has 0 radical (unpaired) electrons. The summed E-state index contributed by atoms with van der Waals surface area (Å²) in [5.41, 5.74) is 2.55. The van der Waals surface area contributed by atoms with E-state index in [2.05, 4.69) is 20.9 Å². The Hall–Kier alpha value is -3.56. The topological polar surface area (TPSA) is 118 Å². The highest BCUT2D eigenvalue weighted by molar-refractivity contribution is 6.11. The molecule has 0 aliphatic heterocycles. The summed E-state index contributed by atoms with van der Waals surface area (Å²) in [5, 5.41) is 21.3. The zero-order valence-corrected chi connectivity index (χ0v) is 16.8. The van der Waals surface area contributed by atoms with Gasteiger partial charge < -0.3 is 20.7 Å². The average Bonchev–Trinajstić information content (AvgIpc) is 2.75. The maximum atomic E-state index is 12.8. The number of hydrogen-bond acceptors (Lipinski definition) is 7. The van der Waals surface area contributed by atoms with Gasteiger partial charge in [0.15, 0.2) is 0 Å². The van der Waals surface area contributed by atoms with Crippen LogP contribution in [0, 0.1) is 10.1 Å². The van der Waals surface area contributed by atoms with Crippen LogP contribution in [0.15, 0.2) is 48.7 Å². The van der Waals surface area contributed by atoms with E-state index in [4.69, 9.17) is 4.74 Å². The molecule has 0 atom stereocenters. The van der Waals surface area contributed by atoms with Gasteiger partial charge in [-0.05, 0) is 19.2 Å². The molecule has 0 spiro atoms. The number of ether oxygens (including phenoxy) is 1. The number of aromatic nitrogens is 1. The van der Waals surface area contributed by atoms with Crippen molar-refractivity contribution < 1.29 is 14.5 Å². The van der Waals surface area contributed by atoms with Crippen LogP contribution in [0.1, 0.15) is 15.9 Å². The summed E-state index contributed by atoms with van der Waals surface area (Å²) < 4.78 is 5.28. The van der Waals surface area contributed by atoms with Gasteiger partial charge in [0.2, 0.25) is 0 Å². The Kier molecular flexibility index (Phi) is 6.89. The molecule has 0 saturated heterocycles. The zero-order valence-electron chi connectivity index (χ0n) is 16.8. The van der Waals surface area contributed by atoms with Gasteiger partial charge in [0.1, 0.15) is 5.56 Å². The van der Waals surface area contributed by atoms with Gasteiger partial charge in [0.25, 0.3) is 11.6 Å². The molecule has 0 unspecified atom stereocenters. The molecule has 9 heteroatoms. The van der Waals surface area contributed by atoms with Crippen LogP contribution < -0.4 is 16.0 Å². The van der Waals surface area contributed by atoms with Crippen LogP contribution in [0.3, 0.4) is 0 Å². The third-order valence-corrected chi connectivity index (χ3v) is 4.55. The van der Waals surface area contributed by atoms with Crippen molar-refractivity contribution in [2.24, 2.45) is 0 Å². The summed E-state index contributed by atoms with van der Waals surface area (Å²) in [6, 6.07) is 11.3. The van der Waals surface area contributed by atoms with Crippen molar-refractivity contribution in [3.05, 3.63) is 69.9 Å². The number of nitrogens with zero attached hydrogens (tertiary/aromatic N) is 2. The predicted molar refractivity (Wildman–Crippen MR) is 116 cm³/mol. The largest absolute Gasteiger partial charge is 0.383 e. The monoisotopic (exact) mass is 409 g/mol. The van der Waals surface area contributed by atoms with Gasteiger partial charge in [-0.25, -0.2) is 0 Å². The lowest BCUT2D eigenvalue weighted by Gasteiger charge is -2.16. The first-order valence-electron chi connectivity index (χ1n) is 9.39. The quantitative estimate of drug-likeness (QED) is 0.282. The SMILES string of the molecule is CNCCNc1c(COC)cnc2c(NC(=O)c3ccccc3[N+](=O)[O-])cccc12. The summed E-state index contributed by atoms with van der Waals surface area (Å²) in [6.07, 6.45) is 1.70. The van der Waals surface area contributed by atoms with Crippen LogP contribution in [-0.4, -0.2) is 43.1 Å². The minimum atomic E-state index is -0.572. The highest BCUT2D eigenvalue weighted by atomic mass is 16.6. The number of methoxy groups -OCH3 is 1. The summed E-state index contributed by atoms with van der Waals surface area (Å²) in [7, 11) is 3.49. The van der Waals surface area contributed by atoms with Crippen LogP contribution in [0.5, 0.6) is 0 Å². The number of fused-ring (bicyclic) bond motifs is 1. The summed E-state index contributed by atoms with van der Waals surface area (Å²) in [6.45, 7) is 1.85. The van der Waals surface area contributed by atoms with Crippen molar-refractivity contribution in [3.63, 3.8) is 0 Å². The van der Waals surface area contributed by atoms with E-state index in [-0.39, 0.29) is 11.3 Å². The van der Waals surface area contributed by atoms with E-state index in [1.54, 1.807) is 31.5 Å². The number of carbonyl (C=O) groups is 1. The second-order valence-corrected chi connectivity index (χ2v) is 6.55. The van der Waals surface area contributed by atoms with Gasteiger partial charge in [0, 0.05) is 43.4 Å². The average molecular weight is 409 g/mol. The van der Waals surface area contributed by atoms with Gasteiger partial charge in [0.05, 0.1) is 28.4 Å². The maximum Gasteiger partial charge on any atom is 0.282 e. The maximum absolute atomic E-state index is 12.8. The van der Waals surface area contributed by atoms with Crippen LogP contribution >= 0.6 is 0 Å². The molecule has 0 bridgehead atoms. The van der Waals surface area contributed by atoms with Crippen molar-refractivity contribution in [3.8, 4) is 0 Å². The first-order valence-corrected chi connectivity index (χ1v) is 9.39. The molecule has 30 heavy (non-hydrogen) atoms. The van der Waals surface area contributed by atoms with Crippen molar-refractivity contribution >= 4 is 33.9 Å². The fourth-order valence-corrected chi connectivity index (χ4v) is 3.17. The molecule has 3 aromatic rings. The highest BCUT2D eigenvalue weighted by Crippen LogP contribution is 2.31. The number of nitro groups is 1. The molecule has 0 fully saturated rings. The Morgan fingerprint density at radius 1 is 1.17 bits per heavy atom. The van der Waals surface area contributed by atoms with E-state index in [9.17, 15) is 14.9 Å². The summed E-state index contributed by atoms with van der Waals surface area (Å²) >= 11 is 0. The van der Waals surface area contributed by atoms with E-state index in [1.807, 2.05) is 13.1 Å². The molecular weight excluding hydrogens is 386 g/mol. The van der Waals surface area contributed by atoms with E-state index in [1.165, 1.54) is 18.2 Å². The van der Waals surface area contributed by atoms with Crippen molar-refractivity contribution in [2.75, 3.05) is 37.9 Å². The number of nitro benzene ring substituents is 1. The Morgan fingerprint density at radius 3 is 2.70 bits per heavy atom. The fraction of sp³-hybridized carbons (Fsp3) is 0.238. The second kappa shape index (κ2) is 9.77. The lowest BCUT2D eigenvalue weighted by molar-refractivity contribution is -0.385. The number of amides is 1. The number of anilines is 2. The molecule has 2 aromatic carbocycles. The van der Waals surface area contributed by atoms with E-state index in [0.29, 0.717) is 24.4 Å². The molecule has 0 aliphatic rings. The van der Waals surface area contributed by atoms with Crippen molar-refractivity contribution in [1.82, 2.24) is 10.3 Å². The predicted octanol–water partition coefficient (Wildman–Crippen LogP) is 3.17. The van der Waals surface area contributed by atoms with E-state index >= 15 is 0 Å². The number of rotatable bonds is 9. The molecule has 1 heterocycles. The number of benzene rings is 2. The number of likely N-dealkylation sites (N-methyl/N-ethyl adjacent to an activating group) is 1. The van der Waals surface area contributed by atoms with Crippen LogP contribution in [-0.2, 0) is 11.3 Å². The summed E-state index contributed by atoms with van der Waals surface area (Å²) in [5.74, 6) is -0.567. The minimum absolute atomic E-state index is 0.0112. The summed E-state index contributed by atoms with van der Waals surface area (Å²) in [4.78, 5) is 27.9. The molecule has 156 valence electrons. The Bertz CT molecular complexity index is 1070. The normalized spacial score (nSPS) is 10.7. The van der Waals surface area contributed by atoms with Crippen molar-refractivity contribution in [2.45, 2.75) is 6.61 Å². The van der Waals surface area contributed by atoms with Gasteiger partial charge in [-0.2, -0.15) is 0 Å². The smallest absolute Gasteiger partial charge is 0.282 e. The Morgan fingerprint density at radius 2 is 1.97 bits per heavy atom. The number of hydrogen-bond donors (Lipinski definition) is 3. The molecule has 1 aromatic heterocycles. The Labute approximate surface area is 173 Å². The van der Waals surface area contributed by atoms with E-state index < -0.39 is 10.8 Å². The van der Waals surface area contributed by atoms with Crippen LogP contribution in [0.2, 0.25) is 0 Å². The third kappa shape index (κ3) is 4.53.